The molecule has 2 aromatic rings. The van der Waals surface area contributed by atoms with Crippen LogP contribution in [0.5, 0.6) is 5.75 Å². The first-order valence-corrected chi connectivity index (χ1v) is 14.1. The van der Waals surface area contributed by atoms with E-state index in [0.29, 0.717) is 36.8 Å². The standard InChI is InChI=1S/C32H40N2O5.ClH/c1-4-37-30(35)14-10-22-9-11-27(19-33)29(17-22)38-21-28(39-31(36)24-12-13-24)20-34-32(2,3)18-23-15-25-7-5-6-8-26(25)16-23;/h5-9,11,17,23-24,28,34H,4,10,12-16,18,20-21H2,1-3H3;1H. The zero-order chi connectivity index (χ0) is 27.8. The van der Waals surface area contributed by atoms with Gasteiger partial charge < -0.3 is 19.5 Å². The van der Waals surface area contributed by atoms with Gasteiger partial charge in [-0.25, -0.2) is 0 Å². The molecule has 0 amide bonds. The van der Waals surface area contributed by atoms with E-state index in [1.54, 1.807) is 19.1 Å². The number of carbonyl (C=O) groups is 2. The number of ether oxygens (including phenoxy) is 3. The lowest BCUT2D eigenvalue weighted by molar-refractivity contribution is -0.152. The van der Waals surface area contributed by atoms with Gasteiger partial charge >= 0.3 is 11.9 Å². The number of aryl methyl sites for hydroxylation is 1. The van der Waals surface area contributed by atoms with Gasteiger partial charge in [-0.3, -0.25) is 9.59 Å². The Morgan fingerprint density at radius 2 is 1.82 bits per heavy atom. The lowest BCUT2D eigenvalue weighted by Crippen LogP contribution is -2.47. The van der Waals surface area contributed by atoms with E-state index in [4.69, 9.17) is 14.2 Å². The number of rotatable bonds is 14. The molecule has 1 unspecified atom stereocenters. The summed E-state index contributed by atoms with van der Waals surface area (Å²) in [4.78, 5) is 24.3. The van der Waals surface area contributed by atoms with Crippen LogP contribution < -0.4 is 10.1 Å². The molecule has 40 heavy (non-hydrogen) atoms. The van der Waals surface area contributed by atoms with Crippen molar-refractivity contribution < 1.29 is 23.8 Å². The number of nitrogens with one attached hydrogen (secondary N) is 1. The van der Waals surface area contributed by atoms with E-state index in [1.165, 1.54) is 11.1 Å². The Bertz CT molecular complexity index is 1180. The minimum atomic E-state index is -0.493. The normalized spacial score (nSPS) is 15.3. The Labute approximate surface area is 244 Å². The summed E-state index contributed by atoms with van der Waals surface area (Å²) in [6.45, 7) is 7.10. The second-order valence-electron chi connectivity index (χ2n) is 11.4. The number of benzene rings is 2. The van der Waals surface area contributed by atoms with Crippen molar-refractivity contribution in [3.05, 3.63) is 64.7 Å². The highest BCUT2D eigenvalue weighted by molar-refractivity contribution is 5.85. The third-order valence-electron chi connectivity index (χ3n) is 7.45. The van der Waals surface area contributed by atoms with Crippen molar-refractivity contribution in [3.63, 3.8) is 0 Å². The maximum Gasteiger partial charge on any atom is 0.309 e. The molecule has 1 fully saturated rings. The fourth-order valence-electron chi connectivity index (χ4n) is 5.29. The predicted molar refractivity (Wildman–Crippen MR) is 155 cm³/mol. The Morgan fingerprint density at radius 3 is 2.45 bits per heavy atom. The van der Waals surface area contributed by atoms with E-state index in [-0.39, 0.29) is 48.8 Å². The summed E-state index contributed by atoms with van der Waals surface area (Å²) in [5.41, 5.74) is 4.01. The monoisotopic (exact) mass is 568 g/mol. The summed E-state index contributed by atoms with van der Waals surface area (Å²) >= 11 is 0. The number of carbonyl (C=O) groups excluding carboxylic acids is 2. The number of nitrogens with zero attached hydrogens (tertiary/aromatic N) is 1. The highest BCUT2D eigenvalue weighted by Gasteiger charge is 2.34. The Kier molecular flexibility index (Phi) is 11.4. The molecular weight excluding hydrogens is 528 g/mol. The maximum atomic E-state index is 12.5. The van der Waals surface area contributed by atoms with Crippen molar-refractivity contribution in [3.8, 4) is 11.8 Å². The van der Waals surface area contributed by atoms with E-state index in [2.05, 4.69) is 49.5 Å². The highest BCUT2D eigenvalue weighted by atomic mass is 35.5. The summed E-state index contributed by atoms with van der Waals surface area (Å²) < 4.78 is 16.9. The molecule has 0 saturated heterocycles. The molecule has 1 saturated carbocycles. The van der Waals surface area contributed by atoms with Gasteiger partial charge in [-0.05, 0) is 94.0 Å². The van der Waals surface area contributed by atoms with Gasteiger partial charge in [0.1, 0.15) is 24.5 Å². The summed E-state index contributed by atoms with van der Waals surface area (Å²) in [5, 5.41) is 13.2. The molecule has 0 aliphatic heterocycles. The van der Waals surface area contributed by atoms with E-state index in [9.17, 15) is 14.9 Å². The maximum absolute atomic E-state index is 12.5. The molecule has 1 N–H and O–H groups in total. The van der Waals surface area contributed by atoms with Crippen LogP contribution in [0, 0.1) is 23.2 Å². The van der Waals surface area contributed by atoms with Crippen LogP contribution in [0.2, 0.25) is 0 Å². The molecule has 0 bridgehead atoms. The second kappa shape index (κ2) is 14.5. The van der Waals surface area contributed by atoms with Crippen LogP contribution in [-0.2, 0) is 38.3 Å². The molecule has 216 valence electrons. The smallest absolute Gasteiger partial charge is 0.309 e. The lowest BCUT2D eigenvalue weighted by atomic mass is 9.88. The minimum absolute atomic E-state index is 0. The first kappa shape index (κ1) is 31.4. The molecule has 2 aliphatic rings. The van der Waals surface area contributed by atoms with Gasteiger partial charge in [0.05, 0.1) is 18.1 Å². The van der Waals surface area contributed by atoms with E-state index >= 15 is 0 Å². The van der Waals surface area contributed by atoms with E-state index < -0.39 is 6.10 Å². The van der Waals surface area contributed by atoms with Crippen molar-refractivity contribution in [1.29, 1.82) is 5.26 Å². The van der Waals surface area contributed by atoms with E-state index in [0.717, 1.165) is 37.7 Å². The van der Waals surface area contributed by atoms with E-state index in [1.807, 2.05) is 6.07 Å². The third-order valence-corrected chi connectivity index (χ3v) is 7.45. The molecule has 0 aromatic heterocycles. The molecule has 4 rings (SSSR count). The fraction of sp³-hybridized carbons (Fsp3) is 0.531. The van der Waals surface area contributed by atoms with Crippen molar-refractivity contribution in [2.45, 2.75) is 77.4 Å². The fourth-order valence-corrected chi connectivity index (χ4v) is 5.29. The highest BCUT2D eigenvalue weighted by Crippen LogP contribution is 2.33. The SMILES string of the molecule is CCOC(=O)CCc1ccc(C#N)c(OCC(CNC(C)(C)CC2Cc3ccccc3C2)OC(=O)C2CC2)c1.Cl. The minimum Gasteiger partial charge on any atom is -0.488 e. The number of esters is 2. The van der Waals surface area contributed by atoms with Crippen molar-refractivity contribution >= 4 is 24.3 Å². The molecule has 8 heteroatoms. The zero-order valence-electron chi connectivity index (χ0n) is 23.7. The Morgan fingerprint density at radius 1 is 1.12 bits per heavy atom. The molecule has 0 spiro atoms. The molecule has 2 aromatic carbocycles. The van der Waals surface area contributed by atoms with Crippen LogP contribution in [0.3, 0.4) is 0 Å². The van der Waals surface area contributed by atoms with Crippen molar-refractivity contribution in [2.75, 3.05) is 19.8 Å². The molecule has 0 heterocycles. The van der Waals surface area contributed by atoms with Gasteiger partial charge in [0.25, 0.3) is 0 Å². The quantitative estimate of drug-likeness (QED) is 0.307. The third kappa shape index (κ3) is 9.25. The zero-order valence-corrected chi connectivity index (χ0v) is 24.6. The first-order valence-electron chi connectivity index (χ1n) is 14.1. The van der Waals surface area contributed by atoms with Crippen molar-refractivity contribution in [1.82, 2.24) is 5.32 Å². The van der Waals surface area contributed by atoms with Crippen LogP contribution in [0.15, 0.2) is 42.5 Å². The molecular formula is C32H41ClN2O5. The Balaban J connectivity index is 0.00000441. The largest absolute Gasteiger partial charge is 0.488 e. The topological polar surface area (TPSA) is 97.7 Å². The summed E-state index contributed by atoms with van der Waals surface area (Å²) in [7, 11) is 0. The van der Waals surface area contributed by atoms with Gasteiger partial charge in [0.15, 0.2) is 0 Å². The lowest BCUT2D eigenvalue weighted by Gasteiger charge is -2.31. The van der Waals surface area contributed by atoms with Crippen LogP contribution >= 0.6 is 12.4 Å². The van der Waals surface area contributed by atoms with Crippen LogP contribution in [0.25, 0.3) is 0 Å². The van der Waals surface area contributed by atoms with Gasteiger partial charge in [0.2, 0.25) is 0 Å². The summed E-state index contributed by atoms with van der Waals surface area (Å²) in [5.74, 6) is 0.543. The average molecular weight is 569 g/mol. The Hall–Kier alpha value is -3.08. The number of hydrogen-bond acceptors (Lipinski definition) is 7. The second-order valence-corrected chi connectivity index (χ2v) is 11.4. The summed E-state index contributed by atoms with van der Waals surface area (Å²) in [6.07, 6.45) is 5.18. The van der Waals surface area contributed by atoms with Gasteiger partial charge in [0, 0.05) is 18.5 Å². The van der Waals surface area contributed by atoms with Crippen LogP contribution in [0.1, 0.15) is 68.7 Å². The number of halogens is 1. The van der Waals surface area contributed by atoms with Crippen molar-refractivity contribution in [2.24, 2.45) is 11.8 Å². The van der Waals surface area contributed by atoms with Crippen LogP contribution in [-0.4, -0.2) is 43.3 Å². The number of fused-ring (bicyclic) bond motifs is 1. The molecule has 0 radical (unpaired) electrons. The van der Waals surface area contributed by atoms with Gasteiger partial charge in [-0.2, -0.15) is 5.26 Å². The summed E-state index contributed by atoms with van der Waals surface area (Å²) in [6, 6.07) is 16.1. The number of nitriles is 1. The van der Waals surface area contributed by atoms with Crippen LogP contribution in [0.4, 0.5) is 0 Å². The molecule has 1 atom stereocenters. The molecule has 2 aliphatic carbocycles. The van der Waals surface area contributed by atoms with Gasteiger partial charge in [-0.1, -0.05) is 30.3 Å². The predicted octanol–water partition coefficient (Wildman–Crippen LogP) is 5.35. The average Bonchev–Trinajstić information content (AvgIpc) is 3.69. The first-order chi connectivity index (χ1) is 18.8. The van der Waals surface area contributed by atoms with Gasteiger partial charge in [-0.15, -0.1) is 12.4 Å². The number of hydrogen-bond donors (Lipinski definition) is 1. The molecule has 7 nitrogen and oxygen atoms in total.